The fourth-order valence-electron chi connectivity index (χ4n) is 2.99. The first-order valence-corrected chi connectivity index (χ1v) is 10.4. The molecular formula is C24H18ClN3O3S. The van der Waals surface area contributed by atoms with Crippen LogP contribution in [0.5, 0.6) is 5.75 Å². The number of carbonyl (C=O) groups excluding carboxylic acids is 1. The Labute approximate surface area is 194 Å². The van der Waals surface area contributed by atoms with Crippen LogP contribution in [0.4, 0.5) is 5.69 Å². The fraction of sp³-hybridized carbons (Fsp3) is 0.0417. The number of benzene rings is 3. The number of nitrogens with zero attached hydrogens (tertiary/aromatic N) is 1. The van der Waals surface area contributed by atoms with E-state index < -0.39 is 0 Å². The Balaban J connectivity index is 1.45. The number of fused-ring (bicyclic) bond motifs is 1. The summed E-state index contributed by atoms with van der Waals surface area (Å²) in [6.07, 6.45) is 3.03. The highest BCUT2D eigenvalue weighted by atomic mass is 35.5. The summed E-state index contributed by atoms with van der Waals surface area (Å²) >= 11 is 11.1. The molecule has 0 aliphatic rings. The van der Waals surface area contributed by atoms with Crippen molar-refractivity contribution in [3.8, 4) is 17.2 Å². The van der Waals surface area contributed by atoms with Crippen molar-refractivity contribution in [3.63, 3.8) is 0 Å². The van der Waals surface area contributed by atoms with E-state index in [4.69, 9.17) is 28.2 Å². The summed E-state index contributed by atoms with van der Waals surface area (Å²) in [6, 6.07) is 17.5. The van der Waals surface area contributed by atoms with Gasteiger partial charge in [0.1, 0.15) is 11.3 Å². The van der Waals surface area contributed by atoms with Gasteiger partial charge in [0.2, 0.25) is 11.8 Å². The molecule has 0 radical (unpaired) electrons. The van der Waals surface area contributed by atoms with E-state index in [0.29, 0.717) is 27.4 Å². The van der Waals surface area contributed by atoms with Crippen molar-refractivity contribution < 1.29 is 14.3 Å². The molecule has 0 saturated carbocycles. The van der Waals surface area contributed by atoms with E-state index in [1.54, 1.807) is 42.5 Å². The molecule has 8 heteroatoms. The smallest absolute Gasteiger partial charge is 0.250 e. The Morgan fingerprint density at radius 2 is 1.91 bits per heavy atom. The van der Waals surface area contributed by atoms with Crippen LogP contribution in [-0.2, 0) is 4.79 Å². The third-order valence-electron chi connectivity index (χ3n) is 4.56. The summed E-state index contributed by atoms with van der Waals surface area (Å²) < 4.78 is 5.80. The third kappa shape index (κ3) is 5.14. The molecule has 6 nitrogen and oxygen atoms in total. The minimum Gasteiger partial charge on any atom is -0.507 e. The molecular weight excluding hydrogens is 446 g/mol. The van der Waals surface area contributed by atoms with Gasteiger partial charge in [0, 0.05) is 16.8 Å². The predicted molar refractivity (Wildman–Crippen MR) is 131 cm³/mol. The molecule has 3 N–H and O–H groups in total. The van der Waals surface area contributed by atoms with E-state index in [1.165, 1.54) is 12.1 Å². The number of oxazole rings is 1. The summed E-state index contributed by atoms with van der Waals surface area (Å²) in [4.78, 5) is 16.6. The number of nitrogens with one attached hydrogen (secondary N) is 2. The minimum atomic E-state index is -0.384. The van der Waals surface area contributed by atoms with E-state index in [1.807, 2.05) is 25.1 Å². The average molecular weight is 464 g/mol. The maximum atomic E-state index is 12.1. The quantitative estimate of drug-likeness (QED) is 0.205. The van der Waals surface area contributed by atoms with Crippen LogP contribution in [0, 0.1) is 6.92 Å². The van der Waals surface area contributed by atoms with Crippen molar-refractivity contribution in [2.75, 3.05) is 5.32 Å². The van der Waals surface area contributed by atoms with Crippen LogP contribution in [-0.4, -0.2) is 21.1 Å². The number of anilines is 1. The number of rotatable bonds is 4. The van der Waals surface area contributed by atoms with E-state index in [0.717, 1.165) is 11.1 Å². The van der Waals surface area contributed by atoms with Gasteiger partial charge in [-0.05, 0) is 78.8 Å². The highest BCUT2D eigenvalue weighted by Crippen LogP contribution is 2.33. The summed E-state index contributed by atoms with van der Waals surface area (Å²) in [5, 5.41) is 16.5. The lowest BCUT2D eigenvalue weighted by atomic mass is 10.1. The molecule has 1 aromatic heterocycles. The van der Waals surface area contributed by atoms with Crippen LogP contribution < -0.4 is 10.6 Å². The van der Waals surface area contributed by atoms with E-state index in [9.17, 15) is 9.90 Å². The molecule has 0 saturated heterocycles. The van der Waals surface area contributed by atoms with Gasteiger partial charge in [-0.25, -0.2) is 4.98 Å². The van der Waals surface area contributed by atoms with E-state index in [-0.39, 0.29) is 22.7 Å². The van der Waals surface area contributed by atoms with Crippen molar-refractivity contribution in [2.45, 2.75) is 6.92 Å². The Morgan fingerprint density at radius 3 is 2.69 bits per heavy atom. The lowest BCUT2D eigenvalue weighted by Crippen LogP contribution is -2.32. The second-order valence-corrected chi connectivity index (χ2v) is 7.90. The Morgan fingerprint density at radius 1 is 1.12 bits per heavy atom. The average Bonchev–Trinajstić information content (AvgIpc) is 3.17. The van der Waals surface area contributed by atoms with Gasteiger partial charge < -0.3 is 14.8 Å². The number of aromatic nitrogens is 1. The molecule has 1 amide bonds. The number of carbonyl (C=O) groups is 1. The molecule has 0 spiro atoms. The van der Waals surface area contributed by atoms with Gasteiger partial charge in [0.25, 0.3) is 0 Å². The first-order chi connectivity index (χ1) is 15.4. The molecule has 1 heterocycles. The highest BCUT2D eigenvalue weighted by Gasteiger charge is 2.14. The predicted octanol–water partition coefficient (Wildman–Crippen LogP) is 5.69. The molecule has 4 aromatic rings. The largest absolute Gasteiger partial charge is 0.507 e. The number of phenolic OH excluding ortho intramolecular Hbond substituents is 1. The number of aryl methyl sites for hydroxylation is 1. The maximum absolute atomic E-state index is 12.1. The number of halogens is 1. The standard InChI is InChI=1S/C24H18ClN3O3S/c1-14-2-9-19-21(12-14)31-23(27-19)18-13-17(8-10-20(18)29)26-24(32)28-22(30)11-5-15-3-6-16(25)7-4-15/h2-13,29H,1H3,(H2,26,28,30,32)/b11-5+. The monoisotopic (exact) mass is 463 g/mol. The summed E-state index contributed by atoms with van der Waals surface area (Å²) in [6.45, 7) is 1.96. The van der Waals surface area contributed by atoms with Crippen LogP contribution in [0.3, 0.4) is 0 Å². The zero-order chi connectivity index (χ0) is 22.7. The number of hydrogen-bond acceptors (Lipinski definition) is 5. The molecule has 0 aliphatic heterocycles. The second kappa shape index (κ2) is 9.21. The van der Waals surface area contributed by atoms with Crippen LogP contribution in [0.25, 0.3) is 28.6 Å². The number of amides is 1. The lowest BCUT2D eigenvalue weighted by molar-refractivity contribution is -0.115. The van der Waals surface area contributed by atoms with Crippen molar-refractivity contribution in [2.24, 2.45) is 0 Å². The second-order valence-electron chi connectivity index (χ2n) is 7.05. The van der Waals surface area contributed by atoms with Crippen LogP contribution >= 0.6 is 23.8 Å². The van der Waals surface area contributed by atoms with Gasteiger partial charge in [-0.15, -0.1) is 0 Å². The topological polar surface area (TPSA) is 87.4 Å². The molecule has 3 aromatic carbocycles. The molecule has 0 unspecified atom stereocenters. The van der Waals surface area contributed by atoms with Crippen LogP contribution in [0.2, 0.25) is 5.02 Å². The van der Waals surface area contributed by atoms with E-state index in [2.05, 4.69) is 15.6 Å². The minimum absolute atomic E-state index is 0.0136. The van der Waals surface area contributed by atoms with Gasteiger partial charge in [-0.3, -0.25) is 10.1 Å². The van der Waals surface area contributed by atoms with Crippen molar-refractivity contribution in [1.29, 1.82) is 0 Å². The summed E-state index contributed by atoms with van der Waals surface area (Å²) in [5.74, 6) is -0.0851. The van der Waals surface area contributed by atoms with Crippen molar-refractivity contribution in [3.05, 3.63) is 82.9 Å². The molecule has 32 heavy (non-hydrogen) atoms. The van der Waals surface area contributed by atoms with Gasteiger partial charge in [-0.1, -0.05) is 29.8 Å². The van der Waals surface area contributed by atoms with Crippen LogP contribution in [0.15, 0.2) is 71.2 Å². The van der Waals surface area contributed by atoms with Gasteiger partial charge in [0.05, 0.1) is 5.56 Å². The number of phenols is 1. The SMILES string of the molecule is Cc1ccc2nc(-c3cc(NC(=S)NC(=O)/C=C/c4ccc(Cl)cc4)ccc3O)oc2c1. The normalized spacial score (nSPS) is 11.1. The zero-order valence-corrected chi connectivity index (χ0v) is 18.5. The van der Waals surface area contributed by atoms with Gasteiger partial charge in [-0.2, -0.15) is 0 Å². The number of thiocarbonyl (C=S) groups is 1. The van der Waals surface area contributed by atoms with E-state index >= 15 is 0 Å². The molecule has 0 aliphatic carbocycles. The molecule has 0 fully saturated rings. The molecule has 0 bridgehead atoms. The van der Waals surface area contributed by atoms with Crippen molar-refractivity contribution >= 4 is 57.7 Å². The Bertz CT molecular complexity index is 1350. The molecule has 0 atom stereocenters. The molecule has 160 valence electrons. The Hall–Kier alpha value is -3.68. The van der Waals surface area contributed by atoms with Gasteiger partial charge in [0.15, 0.2) is 10.7 Å². The number of hydrogen-bond donors (Lipinski definition) is 3. The van der Waals surface area contributed by atoms with Gasteiger partial charge >= 0.3 is 0 Å². The highest BCUT2D eigenvalue weighted by molar-refractivity contribution is 7.80. The first kappa shape index (κ1) is 21.5. The lowest BCUT2D eigenvalue weighted by Gasteiger charge is -2.10. The number of aromatic hydroxyl groups is 1. The molecule has 4 rings (SSSR count). The maximum Gasteiger partial charge on any atom is 0.250 e. The third-order valence-corrected chi connectivity index (χ3v) is 5.02. The first-order valence-electron chi connectivity index (χ1n) is 9.63. The van der Waals surface area contributed by atoms with Crippen molar-refractivity contribution in [1.82, 2.24) is 10.3 Å². The summed E-state index contributed by atoms with van der Waals surface area (Å²) in [7, 11) is 0. The van der Waals surface area contributed by atoms with Crippen LogP contribution in [0.1, 0.15) is 11.1 Å². The zero-order valence-electron chi connectivity index (χ0n) is 16.9. The fourth-order valence-corrected chi connectivity index (χ4v) is 3.34. The Kier molecular flexibility index (Phi) is 6.20. The summed E-state index contributed by atoms with van der Waals surface area (Å²) in [5.41, 5.74) is 4.17.